The maximum atomic E-state index is 12.6. The van der Waals surface area contributed by atoms with Gasteiger partial charge in [0.2, 0.25) is 0 Å². The summed E-state index contributed by atoms with van der Waals surface area (Å²) in [5.41, 5.74) is 0.631. The molecule has 1 heterocycles. The number of amides is 1. The largest absolute Gasteiger partial charge is 0.454 e. The quantitative estimate of drug-likeness (QED) is 0.587. The van der Waals surface area contributed by atoms with E-state index in [1.165, 1.54) is 0 Å². The van der Waals surface area contributed by atoms with E-state index in [1.807, 2.05) is 30.3 Å². The predicted octanol–water partition coefficient (Wildman–Crippen LogP) is 3.08. The maximum absolute atomic E-state index is 12.6. The van der Waals surface area contributed by atoms with E-state index >= 15 is 0 Å². The molecule has 4 atom stereocenters. The van der Waals surface area contributed by atoms with Crippen LogP contribution in [0, 0.1) is 0 Å². The normalized spacial score (nSPS) is 21.3. The van der Waals surface area contributed by atoms with Gasteiger partial charge in [-0.2, -0.15) is 0 Å². The fourth-order valence-electron chi connectivity index (χ4n) is 3.45. The smallest absolute Gasteiger partial charge is 0.408 e. The maximum Gasteiger partial charge on any atom is 0.408 e. The molecule has 1 aliphatic heterocycles. The standard InChI is InChI=1S/C25H31NO7/c1-25(2,3)33-24(29)26-21-20(32-23(28)18-12-8-5-9-13-18)16-31-22(21)19(27)15-30-14-17-10-6-4-7-11-17/h4-13,19-22,27H,14-16H2,1-3H3,(H,26,29)/t19-,20+,21-,22-/m1/s1. The van der Waals surface area contributed by atoms with E-state index < -0.39 is 42.0 Å². The summed E-state index contributed by atoms with van der Waals surface area (Å²) >= 11 is 0. The van der Waals surface area contributed by atoms with Crippen molar-refractivity contribution in [3.05, 3.63) is 71.8 Å². The average Bonchev–Trinajstić information content (AvgIpc) is 3.15. The molecule has 1 amide bonds. The van der Waals surface area contributed by atoms with Gasteiger partial charge >= 0.3 is 12.1 Å². The fraction of sp³-hybridized carbons (Fsp3) is 0.440. The van der Waals surface area contributed by atoms with Crippen molar-refractivity contribution in [2.45, 2.75) is 57.3 Å². The summed E-state index contributed by atoms with van der Waals surface area (Å²) < 4.78 is 22.3. The second-order valence-corrected chi connectivity index (χ2v) is 8.85. The van der Waals surface area contributed by atoms with Crippen LogP contribution in [-0.4, -0.2) is 60.3 Å². The van der Waals surface area contributed by atoms with E-state index in [9.17, 15) is 14.7 Å². The van der Waals surface area contributed by atoms with Crippen LogP contribution in [0.15, 0.2) is 60.7 Å². The highest BCUT2D eigenvalue weighted by Gasteiger charge is 2.45. The Balaban J connectivity index is 1.65. The zero-order chi connectivity index (χ0) is 23.8. The lowest BCUT2D eigenvalue weighted by atomic mass is 10.0. The number of carbonyl (C=O) groups is 2. The lowest BCUT2D eigenvalue weighted by Gasteiger charge is -2.28. The van der Waals surface area contributed by atoms with Crippen molar-refractivity contribution in [3.8, 4) is 0 Å². The highest BCUT2D eigenvalue weighted by atomic mass is 16.6. The molecule has 1 aliphatic rings. The van der Waals surface area contributed by atoms with E-state index in [-0.39, 0.29) is 13.2 Å². The van der Waals surface area contributed by atoms with Crippen LogP contribution in [0.4, 0.5) is 4.79 Å². The van der Waals surface area contributed by atoms with Crippen LogP contribution in [0.2, 0.25) is 0 Å². The number of hydrogen-bond donors (Lipinski definition) is 2. The third-order valence-corrected chi connectivity index (χ3v) is 4.94. The molecule has 3 rings (SSSR count). The van der Waals surface area contributed by atoms with Crippen molar-refractivity contribution in [3.63, 3.8) is 0 Å². The van der Waals surface area contributed by atoms with E-state index in [0.717, 1.165) is 5.56 Å². The Morgan fingerprint density at radius 1 is 1.09 bits per heavy atom. The van der Waals surface area contributed by atoms with Crippen LogP contribution >= 0.6 is 0 Å². The van der Waals surface area contributed by atoms with E-state index in [4.69, 9.17) is 18.9 Å². The number of aliphatic hydroxyl groups is 1. The second kappa shape index (κ2) is 11.3. The minimum Gasteiger partial charge on any atom is -0.454 e. The topological polar surface area (TPSA) is 103 Å². The molecule has 2 N–H and O–H groups in total. The van der Waals surface area contributed by atoms with Crippen LogP contribution in [0.1, 0.15) is 36.7 Å². The molecule has 33 heavy (non-hydrogen) atoms. The summed E-state index contributed by atoms with van der Waals surface area (Å²) in [6.45, 7) is 5.54. The molecular weight excluding hydrogens is 426 g/mol. The Kier molecular flexibility index (Phi) is 8.43. The highest BCUT2D eigenvalue weighted by Crippen LogP contribution is 2.23. The predicted molar refractivity (Wildman–Crippen MR) is 121 cm³/mol. The Labute approximate surface area is 193 Å². The molecule has 178 valence electrons. The van der Waals surface area contributed by atoms with Crippen molar-refractivity contribution in [1.82, 2.24) is 5.32 Å². The number of carbonyl (C=O) groups excluding carboxylic acids is 2. The van der Waals surface area contributed by atoms with Gasteiger partial charge in [-0.05, 0) is 38.5 Å². The summed E-state index contributed by atoms with van der Waals surface area (Å²) in [7, 11) is 0. The van der Waals surface area contributed by atoms with Gasteiger partial charge in [-0.3, -0.25) is 0 Å². The molecule has 0 unspecified atom stereocenters. The number of rotatable bonds is 8. The second-order valence-electron chi connectivity index (χ2n) is 8.85. The lowest BCUT2D eigenvalue weighted by Crippen LogP contribution is -2.53. The molecule has 2 aromatic carbocycles. The number of nitrogens with one attached hydrogen (secondary N) is 1. The van der Waals surface area contributed by atoms with Crippen molar-refractivity contribution >= 4 is 12.1 Å². The molecule has 8 heteroatoms. The first-order chi connectivity index (χ1) is 15.7. The number of esters is 1. The van der Waals surface area contributed by atoms with Gasteiger partial charge in [0, 0.05) is 0 Å². The monoisotopic (exact) mass is 457 g/mol. The molecule has 0 radical (unpaired) electrons. The van der Waals surface area contributed by atoms with Crippen LogP contribution in [0.25, 0.3) is 0 Å². The van der Waals surface area contributed by atoms with Crippen molar-refractivity contribution in [1.29, 1.82) is 0 Å². The molecule has 2 aromatic rings. The fourth-order valence-corrected chi connectivity index (χ4v) is 3.45. The molecular formula is C25H31NO7. The molecule has 0 saturated carbocycles. The Morgan fingerprint density at radius 3 is 2.36 bits per heavy atom. The SMILES string of the molecule is CC(C)(C)OC(=O)N[C@H]1[C@@H]([C@H](O)COCc2ccccc2)OC[C@@H]1OC(=O)c1ccccc1. The zero-order valence-corrected chi connectivity index (χ0v) is 19.1. The van der Waals surface area contributed by atoms with Gasteiger partial charge in [0.05, 0.1) is 25.4 Å². The molecule has 8 nitrogen and oxygen atoms in total. The summed E-state index contributed by atoms with van der Waals surface area (Å²) in [4.78, 5) is 25.0. The lowest BCUT2D eigenvalue weighted by molar-refractivity contribution is -0.0588. The zero-order valence-electron chi connectivity index (χ0n) is 19.1. The molecule has 0 bridgehead atoms. The van der Waals surface area contributed by atoms with E-state index in [0.29, 0.717) is 12.2 Å². The first kappa shape index (κ1) is 24.7. The van der Waals surface area contributed by atoms with Crippen LogP contribution in [-0.2, 0) is 25.6 Å². The van der Waals surface area contributed by atoms with Crippen molar-refractivity contribution in [2.75, 3.05) is 13.2 Å². The highest BCUT2D eigenvalue weighted by molar-refractivity contribution is 5.89. The van der Waals surface area contributed by atoms with Gasteiger partial charge in [-0.15, -0.1) is 0 Å². The minimum atomic E-state index is -1.06. The van der Waals surface area contributed by atoms with Crippen molar-refractivity contribution in [2.24, 2.45) is 0 Å². The molecule has 1 saturated heterocycles. The number of ether oxygens (including phenoxy) is 4. The Hall–Kier alpha value is -2.94. The Bertz CT molecular complexity index is 898. The third-order valence-electron chi connectivity index (χ3n) is 4.94. The van der Waals surface area contributed by atoms with Crippen molar-refractivity contribution < 1.29 is 33.6 Å². The van der Waals surface area contributed by atoms with Gasteiger partial charge < -0.3 is 29.4 Å². The third kappa shape index (κ3) is 7.56. The minimum absolute atomic E-state index is 0.0133. The van der Waals surface area contributed by atoms with Crippen LogP contribution in [0.3, 0.4) is 0 Å². The molecule has 0 spiro atoms. The summed E-state index contributed by atoms with van der Waals surface area (Å²) in [6.07, 6.45) is -3.41. The summed E-state index contributed by atoms with van der Waals surface area (Å²) in [5.74, 6) is -0.546. The van der Waals surface area contributed by atoms with E-state index in [2.05, 4.69) is 5.32 Å². The summed E-state index contributed by atoms with van der Waals surface area (Å²) in [6, 6.07) is 17.3. The molecule has 1 fully saturated rings. The number of alkyl carbamates (subject to hydrolysis) is 1. The van der Waals surface area contributed by atoms with E-state index in [1.54, 1.807) is 51.1 Å². The van der Waals surface area contributed by atoms with Gasteiger partial charge in [-0.25, -0.2) is 9.59 Å². The Morgan fingerprint density at radius 2 is 1.73 bits per heavy atom. The van der Waals surface area contributed by atoms with Gasteiger partial charge in [0.25, 0.3) is 0 Å². The number of hydrogen-bond acceptors (Lipinski definition) is 7. The van der Waals surface area contributed by atoms with Gasteiger partial charge in [0.15, 0.2) is 0 Å². The summed E-state index contributed by atoms with van der Waals surface area (Å²) in [5, 5.41) is 13.4. The van der Waals surface area contributed by atoms with Crippen LogP contribution in [0.5, 0.6) is 0 Å². The first-order valence-corrected chi connectivity index (χ1v) is 10.9. The molecule has 0 aromatic heterocycles. The number of benzene rings is 2. The van der Waals surface area contributed by atoms with Gasteiger partial charge in [-0.1, -0.05) is 48.5 Å². The number of aliphatic hydroxyl groups excluding tert-OH is 1. The van der Waals surface area contributed by atoms with Crippen LogP contribution < -0.4 is 5.32 Å². The van der Waals surface area contributed by atoms with Gasteiger partial charge in [0.1, 0.15) is 30.0 Å². The average molecular weight is 458 g/mol. The first-order valence-electron chi connectivity index (χ1n) is 10.9. The molecule has 0 aliphatic carbocycles.